The molecule has 1 nitrogen and oxygen atoms in total. The van der Waals surface area contributed by atoms with Crippen LogP contribution in [0.15, 0.2) is 24.4 Å². The van der Waals surface area contributed by atoms with Crippen molar-refractivity contribution in [2.24, 2.45) is 0 Å². The van der Waals surface area contributed by atoms with E-state index in [1.807, 2.05) is 0 Å². The minimum Gasteiger partial charge on any atom is -0.357 e. The van der Waals surface area contributed by atoms with E-state index in [9.17, 15) is 4.39 Å². The molecule has 0 fully saturated rings. The molecule has 0 atom stereocenters. The van der Waals surface area contributed by atoms with Crippen molar-refractivity contribution in [3.8, 4) is 0 Å². The molecule has 0 aromatic heterocycles. The number of halogens is 1. The van der Waals surface area contributed by atoms with Gasteiger partial charge in [0.1, 0.15) is 5.82 Å². The Kier molecular flexibility index (Phi) is 2.51. The van der Waals surface area contributed by atoms with Crippen LogP contribution in [0.2, 0.25) is 0 Å². The summed E-state index contributed by atoms with van der Waals surface area (Å²) in [4.78, 5) is 0. The standard InChI is InChI=1S/C13H16FN/c1-8(2)11-6-10-5-4-9(3)15-13(10)12(14)7-11/h6-8,15H,3-5H2,1-2H3. The van der Waals surface area contributed by atoms with Crippen molar-refractivity contribution in [1.29, 1.82) is 0 Å². The Bertz CT molecular complexity index is 407. The highest BCUT2D eigenvalue weighted by atomic mass is 19.1. The number of hydrogen-bond acceptors (Lipinski definition) is 1. The largest absolute Gasteiger partial charge is 0.357 e. The normalized spacial score (nSPS) is 15.1. The minimum atomic E-state index is -0.156. The van der Waals surface area contributed by atoms with E-state index in [0.29, 0.717) is 11.6 Å². The molecule has 0 saturated heterocycles. The quantitative estimate of drug-likeness (QED) is 0.735. The molecule has 2 rings (SSSR count). The van der Waals surface area contributed by atoms with E-state index in [2.05, 4.69) is 31.8 Å². The van der Waals surface area contributed by atoms with E-state index in [1.54, 1.807) is 6.07 Å². The topological polar surface area (TPSA) is 12.0 Å². The Hall–Kier alpha value is -1.31. The summed E-state index contributed by atoms with van der Waals surface area (Å²) in [6, 6.07) is 3.72. The number of allylic oxidation sites excluding steroid dienone is 1. The van der Waals surface area contributed by atoms with E-state index >= 15 is 0 Å². The minimum absolute atomic E-state index is 0.156. The SMILES string of the molecule is C=C1CCc2cc(C(C)C)cc(F)c2N1. The zero-order valence-corrected chi connectivity index (χ0v) is 9.23. The molecule has 0 bridgehead atoms. The first kappa shape index (κ1) is 10.2. The molecule has 1 aliphatic heterocycles. The Balaban J connectivity index is 2.47. The van der Waals surface area contributed by atoms with Crippen LogP contribution in [-0.2, 0) is 6.42 Å². The van der Waals surface area contributed by atoms with Crippen LogP contribution in [0.4, 0.5) is 10.1 Å². The lowest BCUT2D eigenvalue weighted by atomic mass is 9.94. The molecule has 1 aromatic carbocycles. The van der Waals surface area contributed by atoms with E-state index in [0.717, 1.165) is 29.7 Å². The summed E-state index contributed by atoms with van der Waals surface area (Å²) in [7, 11) is 0. The zero-order valence-electron chi connectivity index (χ0n) is 9.23. The van der Waals surface area contributed by atoms with Crippen molar-refractivity contribution in [3.05, 3.63) is 41.4 Å². The van der Waals surface area contributed by atoms with Gasteiger partial charge in [-0.2, -0.15) is 0 Å². The van der Waals surface area contributed by atoms with E-state index in [4.69, 9.17) is 0 Å². The van der Waals surface area contributed by atoms with Gasteiger partial charge in [0.2, 0.25) is 0 Å². The summed E-state index contributed by atoms with van der Waals surface area (Å²) in [5.74, 6) is 0.215. The first-order valence-corrected chi connectivity index (χ1v) is 5.35. The third kappa shape index (κ3) is 1.89. The monoisotopic (exact) mass is 205 g/mol. The predicted molar refractivity (Wildman–Crippen MR) is 61.6 cm³/mol. The van der Waals surface area contributed by atoms with Crippen molar-refractivity contribution >= 4 is 5.69 Å². The number of aryl methyl sites for hydroxylation is 1. The lowest BCUT2D eigenvalue weighted by molar-refractivity contribution is 0.621. The van der Waals surface area contributed by atoms with E-state index in [-0.39, 0.29) is 5.82 Å². The number of anilines is 1. The molecule has 0 unspecified atom stereocenters. The van der Waals surface area contributed by atoms with Crippen molar-refractivity contribution in [2.75, 3.05) is 5.32 Å². The fourth-order valence-electron chi connectivity index (χ4n) is 1.88. The fourth-order valence-corrected chi connectivity index (χ4v) is 1.88. The van der Waals surface area contributed by atoms with Gasteiger partial charge in [0.05, 0.1) is 5.69 Å². The molecular formula is C13H16FN. The number of fused-ring (bicyclic) bond motifs is 1. The van der Waals surface area contributed by atoms with Gasteiger partial charge in [0.25, 0.3) is 0 Å². The van der Waals surface area contributed by atoms with E-state index < -0.39 is 0 Å². The van der Waals surface area contributed by atoms with Crippen molar-refractivity contribution in [1.82, 2.24) is 0 Å². The first-order valence-electron chi connectivity index (χ1n) is 5.35. The Morgan fingerprint density at radius 1 is 1.33 bits per heavy atom. The highest BCUT2D eigenvalue weighted by Gasteiger charge is 2.17. The average molecular weight is 205 g/mol. The molecule has 0 radical (unpaired) electrons. The van der Waals surface area contributed by atoms with Gasteiger partial charge in [0.15, 0.2) is 0 Å². The van der Waals surface area contributed by atoms with Crippen LogP contribution < -0.4 is 5.32 Å². The molecular weight excluding hydrogens is 189 g/mol. The molecule has 2 heteroatoms. The van der Waals surface area contributed by atoms with Gasteiger partial charge in [0, 0.05) is 5.70 Å². The molecule has 80 valence electrons. The van der Waals surface area contributed by atoms with Crippen LogP contribution in [-0.4, -0.2) is 0 Å². The Labute approximate surface area is 90.0 Å². The molecule has 0 amide bonds. The summed E-state index contributed by atoms with van der Waals surface area (Å²) in [6.45, 7) is 7.99. The highest BCUT2D eigenvalue weighted by Crippen LogP contribution is 2.31. The Morgan fingerprint density at radius 3 is 2.73 bits per heavy atom. The first-order chi connectivity index (χ1) is 7.08. The number of nitrogens with one attached hydrogen (secondary N) is 1. The van der Waals surface area contributed by atoms with Gasteiger partial charge in [-0.3, -0.25) is 0 Å². The fraction of sp³-hybridized carbons (Fsp3) is 0.385. The molecule has 0 saturated carbocycles. The van der Waals surface area contributed by atoms with E-state index in [1.165, 1.54) is 0 Å². The van der Waals surface area contributed by atoms with Crippen LogP contribution in [0.3, 0.4) is 0 Å². The summed E-state index contributed by atoms with van der Waals surface area (Å²) in [5, 5.41) is 3.02. The van der Waals surface area contributed by atoms with Crippen molar-refractivity contribution in [2.45, 2.75) is 32.6 Å². The molecule has 1 aliphatic rings. The van der Waals surface area contributed by atoms with Crippen LogP contribution in [0.25, 0.3) is 0 Å². The third-order valence-electron chi connectivity index (χ3n) is 2.86. The Morgan fingerprint density at radius 2 is 2.07 bits per heavy atom. The second-order valence-corrected chi connectivity index (χ2v) is 4.42. The molecule has 1 heterocycles. The van der Waals surface area contributed by atoms with Crippen LogP contribution in [0.1, 0.15) is 37.3 Å². The maximum atomic E-state index is 13.8. The second-order valence-electron chi connectivity index (χ2n) is 4.42. The van der Waals surface area contributed by atoms with Crippen LogP contribution >= 0.6 is 0 Å². The number of hydrogen-bond donors (Lipinski definition) is 1. The molecule has 0 aliphatic carbocycles. The van der Waals surface area contributed by atoms with Gasteiger partial charge in [-0.25, -0.2) is 4.39 Å². The molecule has 1 N–H and O–H groups in total. The van der Waals surface area contributed by atoms with Crippen LogP contribution in [0.5, 0.6) is 0 Å². The summed E-state index contributed by atoms with van der Waals surface area (Å²) < 4.78 is 13.8. The van der Waals surface area contributed by atoms with Gasteiger partial charge >= 0.3 is 0 Å². The lowest BCUT2D eigenvalue weighted by Crippen LogP contribution is -2.11. The zero-order chi connectivity index (χ0) is 11.0. The number of rotatable bonds is 1. The van der Waals surface area contributed by atoms with Crippen molar-refractivity contribution < 1.29 is 4.39 Å². The maximum absolute atomic E-state index is 13.8. The molecule has 0 spiro atoms. The van der Waals surface area contributed by atoms with Crippen molar-refractivity contribution in [3.63, 3.8) is 0 Å². The van der Waals surface area contributed by atoms with Gasteiger partial charge in [-0.05, 0) is 36.0 Å². The van der Waals surface area contributed by atoms with Gasteiger partial charge in [-0.15, -0.1) is 0 Å². The van der Waals surface area contributed by atoms with Crippen LogP contribution in [0, 0.1) is 5.82 Å². The van der Waals surface area contributed by atoms with Gasteiger partial charge in [-0.1, -0.05) is 26.5 Å². The molecule has 15 heavy (non-hydrogen) atoms. The number of benzene rings is 1. The maximum Gasteiger partial charge on any atom is 0.147 e. The lowest BCUT2D eigenvalue weighted by Gasteiger charge is -2.22. The second kappa shape index (κ2) is 3.69. The highest BCUT2D eigenvalue weighted by molar-refractivity contribution is 5.59. The smallest absolute Gasteiger partial charge is 0.147 e. The van der Waals surface area contributed by atoms with Gasteiger partial charge < -0.3 is 5.32 Å². The third-order valence-corrected chi connectivity index (χ3v) is 2.86. The average Bonchev–Trinajstić information content (AvgIpc) is 2.18. The summed E-state index contributed by atoms with van der Waals surface area (Å²) >= 11 is 0. The summed E-state index contributed by atoms with van der Waals surface area (Å²) in [6.07, 6.45) is 1.78. The molecule has 1 aromatic rings. The summed E-state index contributed by atoms with van der Waals surface area (Å²) in [5.41, 5.74) is 3.67. The predicted octanol–water partition coefficient (Wildman–Crippen LogP) is 3.82.